The van der Waals surface area contributed by atoms with Gasteiger partial charge < -0.3 is 9.64 Å². The van der Waals surface area contributed by atoms with Crippen LogP contribution < -0.4 is 0 Å². The average molecular weight is 290 g/mol. The van der Waals surface area contributed by atoms with Crippen molar-refractivity contribution in [2.45, 2.75) is 6.61 Å². The van der Waals surface area contributed by atoms with E-state index in [0.29, 0.717) is 6.61 Å². The lowest BCUT2D eigenvalue weighted by molar-refractivity contribution is 0.105. The summed E-state index contributed by atoms with van der Waals surface area (Å²) in [4.78, 5) is 2.11. The topological polar surface area (TPSA) is 12.5 Å². The molecular weight excluding hydrogens is 270 g/mol. The second-order valence-corrected chi connectivity index (χ2v) is 5.44. The molecule has 0 aliphatic rings. The van der Waals surface area contributed by atoms with Gasteiger partial charge in [0.05, 0.1) is 13.2 Å². The highest BCUT2D eigenvalue weighted by atomic mass is 35.5. The van der Waals surface area contributed by atoms with Gasteiger partial charge in [0, 0.05) is 17.1 Å². The maximum Gasteiger partial charge on any atom is 0.0717 e. The predicted molar refractivity (Wildman–Crippen MR) is 85.1 cm³/mol. The first-order chi connectivity index (χ1) is 9.66. The molecule has 0 amide bonds. The molecule has 0 saturated carbocycles. The molecule has 0 bridgehead atoms. The highest BCUT2D eigenvalue weighted by Gasteiger charge is 2.02. The lowest BCUT2D eigenvalue weighted by atomic mass is 10.0. The van der Waals surface area contributed by atoms with Gasteiger partial charge in [0.25, 0.3) is 0 Å². The summed E-state index contributed by atoms with van der Waals surface area (Å²) in [6.07, 6.45) is 0. The van der Waals surface area contributed by atoms with Crippen LogP contribution in [0.15, 0.2) is 48.5 Å². The fraction of sp³-hybridized carbons (Fsp3) is 0.294. The highest BCUT2D eigenvalue weighted by Crippen LogP contribution is 2.27. The summed E-state index contributed by atoms with van der Waals surface area (Å²) in [5.41, 5.74) is 3.38. The van der Waals surface area contributed by atoms with E-state index >= 15 is 0 Å². The molecule has 0 aliphatic heterocycles. The van der Waals surface area contributed by atoms with Crippen molar-refractivity contribution in [1.29, 1.82) is 0 Å². The first-order valence-electron chi connectivity index (χ1n) is 6.73. The van der Waals surface area contributed by atoms with E-state index in [0.717, 1.165) is 29.3 Å². The second-order valence-electron chi connectivity index (χ2n) is 5.03. The summed E-state index contributed by atoms with van der Waals surface area (Å²) in [7, 11) is 4.09. The Labute approximate surface area is 125 Å². The third-order valence-electron chi connectivity index (χ3n) is 3.09. The van der Waals surface area contributed by atoms with Crippen LogP contribution in [-0.2, 0) is 11.3 Å². The van der Waals surface area contributed by atoms with Crippen molar-refractivity contribution in [3.8, 4) is 11.1 Å². The molecule has 0 unspecified atom stereocenters. The molecule has 2 nitrogen and oxygen atoms in total. The largest absolute Gasteiger partial charge is 0.375 e. The summed E-state index contributed by atoms with van der Waals surface area (Å²) in [5.74, 6) is 0. The van der Waals surface area contributed by atoms with Gasteiger partial charge in [-0.15, -0.1) is 0 Å². The summed E-state index contributed by atoms with van der Waals surface area (Å²) in [6.45, 7) is 2.34. The molecule has 0 radical (unpaired) electrons. The van der Waals surface area contributed by atoms with E-state index in [1.807, 2.05) is 38.4 Å². The number of likely N-dealkylation sites (N-methyl/N-ethyl adjacent to an activating group) is 1. The summed E-state index contributed by atoms with van der Waals surface area (Å²) in [6, 6.07) is 16.2. The van der Waals surface area contributed by atoms with Gasteiger partial charge >= 0.3 is 0 Å². The zero-order chi connectivity index (χ0) is 14.4. The lowest BCUT2D eigenvalue weighted by Crippen LogP contribution is -2.17. The number of rotatable bonds is 6. The van der Waals surface area contributed by atoms with Crippen molar-refractivity contribution in [2.24, 2.45) is 0 Å². The minimum Gasteiger partial charge on any atom is -0.375 e. The third kappa shape index (κ3) is 4.34. The van der Waals surface area contributed by atoms with Gasteiger partial charge in [0.2, 0.25) is 0 Å². The minimum atomic E-state index is 0.649. The number of benzene rings is 2. The molecule has 106 valence electrons. The van der Waals surface area contributed by atoms with Crippen molar-refractivity contribution in [2.75, 3.05) is 27.2 Å². The van der Waals surface area contributed by atoms with Crippen LogP contribution in [0.25, 0.3) is 11.1 Å². The standard InChI is InChI=1S/C17H20ClNO/c1-19(2)11-12-20-13-14-7-9-15(10-8-14)16-5-3-4-6-17(16)18/h3-10H,11-13H2,1-2H3. The number of ether oxygens (including phenoxy) is 1. The van der Waals surface area contributed by atoms with E-state index in [-0.39, 0.29) is 0 Å². The van der Waals surface area contributed by atoms with Crippen LogP contribution in [0.2, 0.25) is 5.02 Å². The maximum absolute atomic E-state index is 6.20. The van der Waals surface area contributed by atoms with Crippen LogP contribution in [0.5, 0.6) is 0 Å². The predicted octanol–water partition coefficient (Wildman–Crippen LogP) is 4.09. The van der Waals surface area contributed by atoms with Gasteiger partial charge in [0.15, 0.2) is 0 Å². The zero-order valence-electron chi connectivity index (χ0n) is 12.0. The van der Waals surface area contributed by atoms with Crippen LogP contribution in [0.1, 0.15) is 5.56 Å². The van der Waals surface area contributed by atoms with E-state index in [1.165, 1.54) is 5.56 Å². The Morgan fingerprint density at radius 2 is 1.70 bits per heavy atom. The van der Waals surface area contributed by atoms with E-state index in [1.54, 1.807) is 0 Å². The van der Waals surface area contributed by atoms with Crippen LogP contribution in [0, 0.1) is 0 Å². The third-order valence-corrected chi connectivity index (χ3v) is 3.42. The first kappa shape index (κ1) is 15.0. The molecule has 0 aliphatic carbocycles. The smallest absolute Gasteiger partial charge is 0.0717 e. The Kier molecular flexibility index (Phi) is 5.60. The normalized spacial score (nSPS) is 11.0. The van der Waals surface area contributed by atoms with Crippen LogP contribution in [0.4, 0.5) is 0 Å². The van der Waals surface area contributed by atoms with Crippen molar-refractivity contribution in [3.05, 3.63) is 59.1 Å². The number of hydrogen-bond donors (Lipinski definition) is 0. The minimum absolute atomic E-state index is 0.649. The van der Waals surface area contributed by atoms with Gasteiger partial charge in [-0.25, -0.2) is 0 Å². The van der Waals surface area contributed by atoms with Gasteiger partial charge in [-0.2, -0.15) is 0 Å². The van der Waals surface area contributed by atoms with Crippen molar-refractivity contribution in [1.82, 2.24) is 4.90 Å². The molecule has 0 N–H and O–H groups in total. The van der Waals surface area contributed by atoms with E-state index in [4.69, 9.17) is 16.3 Å². The molecule has 0 atom stereocenters. The molecule has 20 heavy (non-hydrogen) atoms. The molecule has 2 aromatic rings. The fourth-order valence-electron chi connectivity index (χ4n) is 1.91. The van der Waals surface area contributed by atoms with E-state index < -0.39 is 0 Å². The SMILES string of the molecule is CN(C)CCOCc1ccc(-c2ccccc2Cl)cc1. The van der Waals surface area contributed by atoms with Crippen molar-refractivity contribution in [3.63, 3.8) is 0 Å². The van der Waals surface area contributed by atoms with Crippen molar-refractivity contribution < 1.29 is 4.74 Å². The molecule has 0 heterocycles. The summed E-state index contributed by atoms with van der Waals surface area (Å²) in [5, 5.41) is 0.780. The quantitative estimate of drug-likeness (QED) is 0.743. The Morgan fingerprint density at radius 3 is 2.35 bits per heavy atom. The Balaban J connectivity index is 1.95. The van der Waals surface area contributed by atoms with E-state index in [9.17, 15) is 0 Å². The molecule has 2 rings (SSSR count). The Morgan fingerprint density at radius 1 is 1.00 bits per heavy atom. The Bertz CT molecular complexity index is 537. The number of halogens is 1. The van der Waals surface area contributed by atoms with Crippen LogP contribution >= 0.6 is 11.6 Å². The molecular formula is C17H20ClNO. The Hall–Kier alpha value is -1.35. The zero-order valence-corrected chi connectivity index (χ0v) is 12.7. The number of nitrogens with zero attached hydrogens (tertiary/aromatic N) is 1. The lowest BCUT2D eigenvalue weighted by Gasteiger charge is -2.10. The van der Waals surface area contributed by atoms with Gasteiger partial charge in [-0.05, 0) is 31.3 Å². The molecule has 0 aromatic heterocycles. The van der Waals surface area contributed by atoms with E-state index in [2.05, 4.69) is 29.2 Å². The van der Waals surface area contributed by atoms with Crippen molar-refractivity contribution >= 4 is 11.6 Å². The molecule has 0 fully saturated rings. The maximum atomic E-state index is 6.20. The van der Waals surface area contributed by atoms with Gasteiger partial charge in [-0.3, -0.25) is 0 Å². The fourth-order valence-corrected chi connectivity index (χ4v) is 2.16. The second kappa shape index (κ2) is 7.44. The molecule has 2 aromatic carbocycles. The van der Waals surface area contributed by atoms with Crippen LogP contribution in [-0.4, -0.2) is 32.1 Å². The molecule has 3 heteroatoms. The first-order valence-corrected chi connectivity index (χ1v) is 7.11. The number of hydrogen-bond acceptors (Lipinski definition) is 2. The van der Waals surface area contributed by atoms with Gasteiger partial charge in [0.1, 0.15) is 0 Å². The molecule has 0 spiro atoms. The summed E-state index contributed by atoms with van der Waals surface area (Å²) < 4.78 is 5.63. The summed E-state index contributed by atoms with van der Waals surface area (Å²) >= 11 is 6.20. The monoisotopic (exact) mass is 289 g/mol. The average Bonchev–Trinajstić information content (AvgIpc) is 2.45. The molecule has 0 saturated heterocycles. The van der Waals surface area contributed by atoms with Gasteiger partial charge in [-0.1, -0.05) is 54.1 Å². The van der Waals surface area contributed by atoms with Crippen LogP contribution in [0.3, 0.4) is 0 Å². The highest BCUT2D eigenvalue weighted by molar-refractivity contribution is 6.33.